The maximum atomic E-state index is 12.5. The molecular weight excluding hydrogens is 250 g/mol. The predicted octanol–water partition coefficient (Wildman–Crippen LogP) is 1.09. The van der Waals surface area contributed by atoms with E-state index in [1.165, 1.54) is 7.05 Å². The Balaban J connectivity index is 4.34. The van der Waals surface area contributed by atoms with Gasteiger partial charge >= 0.3 is 3.92 Å². The van der Waals surface area contributed by atoms with Crippen LogP contribution in [0.25, 0.3) is 0 Å². The van der Waals surface area contributed by atoms with Crippen molar-refractivity contribution in [3.05, 3.63) is 0 Å². The zero-order valence-electron chi connectivity index (χ0n) is 6.21. The van der Waals surface area contributed by atoms with Gasteiger partial charge in [0.2, 0.25) is 0 Å². The highest BCUT2D eigenvalue weighted by Crippen LogP contribution is 2.38. The molecule has 0 aromatic rings. The van der Waals surface area contributed by atoms with Crippen LogP contribution in [0.1, 0.15) is 0 Å². The number of nitrogens with zero attached hydrogens (tertiary/aromatic N) is 1. The van der Waals surface area contributed by atoms with E-state index in [4.69, 9.17) is 23.2 Å². The lowest BCUT2D eigenvalue weighted by molar-refractivity contribution is 0.503. The third kappa shape index (κ3) is 4.68. The van der Waals surface area contributed by atoms with E-state index in [9.17, 15) is 12.8 Å². The smallest absolute Gasteiger partial charge is 0.205 e. The second-order valence-corrected chi connectivity index (χ2v) is 6.77. The van der Waals surface area contributed by atoms with Crippen LogP contribution in [0.5, 0.6) is 0 Å². The van der Waals surface area contributed by atoms with Gasteiger partial charge in [-0.2, -0.15) is 12.8 Å². The van der Waals surface area contributed by atoms with E-state index in [1.54, 1.807) is 0 Å². The van der Waals surface area contributed by atoms with Crippen LogP contribution in [0.3, 0.4) is 0 Å². The Morgan fingerprint density at radius 1 is 1.58 bits per heavy atom. The predicted molar refractivity (Wildman–Crippen MR) is 48.9 cm³/mol. The molecule has 0 fully saturated rings. The monoisotopic (exact) mass is 256 g/mol. The van der Waals surface area contributed by atoms with Gasteiger partial charge in [-0.1, -0.05) is 23.2 Å². The average Bonchev–Trinajstić information content (AvgIpc) is 1.84. The van der Waals surface area contributed by atoms with Crippen molar-refractivity contribution < 1.29 is 12.8 Å². The normalized spacial score (nSPS) is 13.8. The third-order valence-electron chi connectivity index (χ3n) is 0.829. The van der Waals surface area contributed by atoms with Gasteiger partial charge in [-0.15, -0.1) is 3.71 Å². The number of halogens is 3. The van der Waals surface area contributed by atoms with Crippen molar-refractivity contribution in [3.63, 3.8) is 0 Å². The van der Waals surface area contributed by atoms with Gasteiger partial charge in [-0.25, -0.2) is 4.72 Å². The van der Waals surface area contributed by atoms with Crippen LogP contribution < -0.4 is 4.72 Å². The van der Waals surface area contributed by atoms with Gasteiger partial charge in [0.25, 0.3) is 10.2 Å². The fraction of sp³-hybridized carbons (Fsp3) is 1.00. The maximum absolute atomic E-state index is 12.5. The van der Waals surface area contributed by atoms with Crippen LogP contribution in [0.15, 0.2) is 0 Å². The molecule has 9 heteroatoms. The van der Waals surface area contributed by atoms with Gasteiger partial charge in [0.15, 0.2) is 0 Å². The Bertz CT molecular complexity index is 239. The Kier molecular flexibility index (Phi) is 4.56. The summed E-state index contributed by atoms with van der Waals surface area (Å²) in [5.41, 5.74) is 0. The number of alkyl halides is 3. The Morgan fingerprint density at radius 2 is 2.00 bits per heavy atom. The summed E-state index contributed by atoms with van der Waals surface area (Å²) in [5, 5.41) is 0. The quantitative estimate of drug-likeness (QED) is 0.605. The Morgan fingerprint density at radius 3 is 2.25 bits per heavy atom. The molecule has 0 aliphatic carbocycles. The highest BCUT2D eigenvalue weighted by Gasteiger charge is 2.30. The fourth-order valence-corrected chi connectivity index (χ4v) is 2.66. The van der Waals surface area contributed by atoms with Crippen molar-refractivity contribution in [1.82, 2.24) is 8.43 Å². The van der Waals surface area contributed by atoms with E-state index < -0.39 is 14.1 Å². The van der Waals surface area contributed by atoms with E-state index in [0.29, 0.717) is 3.71 Å². The average molecular weight is 257 g/mol. The minimum Gasteiger partial charge on any atom is -0.205 e. The van der Waals surface area contributed by atoms with Crippen molar-refractivity contribution in [2.45, 2.75) is 3.92 Å². The van der Waals surface area contributed by atoms with Crippen LogP contribution in [-0.4, -0.2) is 30.1 Å². The lowest BCUT2D eigenvalue weighted by Gasteiger charge is -2.17. The van der Waals surface area contributed by atoms with E-state index in [0.717, 1.165) is 7.05 Å². The largest absolute Gasteiger partial charge is 0.319 e. The van der Waals surface area contributed by atoms with Crippen LogP contribution in [0.4, 0.5) is 4.39 Å². The first kappa shape index (κ1) is 12.7. The highest BCUT2D eigenvalue weighted by molar-refractivity contribution is 8.10. The first-order valence-electron chi connectivity index (χ1n) is 2.62. The highest BCUT2D eigenvalue weighted by atomic mass is 35.5. The summed E-state index contributed by atoms with van der Waals surface area (Å²) in [6.45, 7) is 0. The molecule has 4 nitrogen and oxygen atoms in total. The summed E-state index contributed by atoms with van der Waals surface area (Å²) in [7, 11) is -1.38. The molecule has 0 aliphatic heterocycles. The molecule has 0 amide bonds. The molecule has 0 aliphatic rings. The van der Waals surface area contributed by atoms with Gasteiger partial charge in [0.05, 0.1) is 0 Å². The number of nitrogens with one attached hydrogen (secondary N) is 1. The number of hydrogen-bond donors (Lipinski definition) is 1. The lowest BCUT2D eigenvalue weighted by Crippen LogP contribution is -2.33. The minimum atomic E-state index is -3.69. The molecule has 74 valence electrons. The summed E-state index contributed by atoms with van der Waals surface area (Å²) in [4.78, 5) is 0. The molecule has 0 bridgehead atoms. The molecule has 0 atom stereocenters. The lowest BCUT2D eigenvalue weighted by atomic mass is 11.6. The molecule has 0 rings (SSSR count). The summed E-state index contributed by atoms with van der Waals surface area (Å²) in [6.07, 6.45) is 0. The Labute approximate surface area is 84.7 Å². The first-order chi connectivity index (χ1) is 5.19. The molecule has 0 spiro atoms. The molecule has 0 unspecified atom stereocenters. The van der Waals surface area contributed by atoms with Crippen molar-refractivity contribution >= 4 is 45.4 Å². The van der Waals surface area contributed by atoms with Crippen LogP contribution in [0, 0.1) is 0 Å². The van der Waals surface area contributed by atoms with E-state index in [-0.39, 0.29) is 11.9 Å². The Hall–Kier alpha value is 0.730. The number of rotatable bonds is 4. The molecule has 1 N–H and O–H groups in total. The van der Waals surface area contributed by atoms with Gasteiger partial charge in [0, 0.05) is 26.0 Å². The zero-order chi connectivity index (χ0) is 9.99. The van der Waals surface area contributed by atoms with Crippen LogP contribution in [0.2, 0.25) is 0 Å². The van der Waals surface area contributed by atoms with Gasteiger partial charge in [0.1, 0.15) is 0 Å². The maximum Gasteiger partial charge on any atom is 0.319 e. The van der Waals surface area contributed by atoms with E-state index in [2.05, 4.69) is 0 Å². The molecule has 0 aromatic carbocycles. The summed E-state index contributed by atoms with van der Waals surface area (Å²) in [6, 6.07) is 0. The van der Waals surface area contributed by atoms with Crippen molar-refractivity contribution in [3.8, 4) is 0 Å². The molecule has 0 aromatic heterocycles. The first-order valence-corrected chi connectivity index (χ1v) is 5.59. The summed E-state index contributed by atoms with van der Waals surface area (Å²) >= 11 is 9.97. The fourth-order valence-electron chi connectivity index (χ4n) is 0.323. The second kappa shape index (κ2) is 4.30. The molecule has 12 heavy (non-hydrogen) atoms. The van der Waals surface area contributed by atoms with E-state index in [1.807, 2.05) is 4.72 Å². The van der Waals surface area contributed by atoms with Crippen LogP contribution >= 0.6 is 35.1 Å². The van der Waals surface area contributed by atoms with Gasteiger partial charge in [-0.05, 0) is 0 Å². The molecular formula is C3H7Cl2FN2O2S2. The van der Waals surface area contributed by atoms with Crippen LogP contribution in [-0.2, 0) is 10.2 Å². The minimum absolute atomic E-state index is 0.135. The molecule has 0 radical (unpaired) electrons. The standard InChI is InChI=1S/C3H7Cl2FN2O2S2/c1-7-12(9,10)8(2)11-3(4,5)6/h7H,1-2H3. The summed E-state index contributed by atoms with van der Waals surface area (Å²) in [5.74, 6) is 0. The van der Waals surface area contributed by atoms with E-state index >= 15 is 0 Å². The topological polar surface area (TPSA) is 49.4 Å². The second-order valence-electron chi connectivity index (χ2n) is 1.66. The molecule has 0 heterocycles. The van der Waals surface area contributed by atoms with Gasteiger partial charge < -0.3 is 0 Å². The van der Waals surface area contributed by atoms with Gasteiger partial charge in [-0.3, -0.25) is 0 Å². The number of hydrogen-bond acceptors (Lipinski definition) is 3. The van der Waals surface area contributed by atoms with Crippen molar-refractivity contribution in [2.24, 2.45) is 0 Å². The third-order valence-corrected chi connectivity index (χ3v) is 3.71. The summed E-state index contributed by atoms with van der Waals surface area (Å²) < 4.78 is 34.1. The van der Waals surface area contributed by atoms with Crippen molar-refractivity contribution in [2.75, 3.05) is 14.1 Å². The molecule has 0 saturated heterocycles. The SMILES string of the molecule is CNS(=O)(=O)N(C)SC(F)(Cl)Cl. The zero-order valence-corrected chi connectivity index (χ0v) is 9.36. The van der Waals surface area contributed by atoms with Crippen molar-refractivity contribution in [1.29, 1.82) is 0 Å². The molecule has 0 saturated carbocycles.